The summed E-state index contributed by atoms with van der Waals surface area (Å²) in [6.45, 7) is 2.51. The smallest absolute Gasteiger partial charge is 0.351 e. The molecule has 0 saturated heterocycles. The molecule has 5 rings (SSSR count). The van der Waals surface area contributed by atoms with E-state index < -0.39 is 0 Å². The number of hydrogen-bond acceptors (Lipinski definition) is 4. The van der Waals surface area contributed by atoms with E-state index in [1.54, 1.807) is 11.7 Å². The van der Waals surface area contributed by atoms with Crippen LogP contribution in [0.4, 0.5) is 0 Å². The van der Waals surface area contributed by atoms with Gasteiger partial charge in [0.05, 0.1) is 19.2 Å². The first kappa shape index (κ1) is 18.1. The predicted octanol–water partition coefficient (Wildman–Crippen LogP) is 4.08. The molecule has 0 bridgehead atoms. The summed E-state index contributed by atoms with van der Waals surface area (Å²) in [5.74, 6) is 1.21. The average Bonchev–Trinajstić information content (AvgIpc) is 3.24. The molecule has 30 heavy (non-hydrogen) atoms. The van der Waals surface area contributed by atoms with Gasteiger partial charge in [-0.15, -0.1) is 5.10 Å². The molecule has 3 aromatic carbocycles. The number of rotatable bonds is 4. The summed E-state index contributed by atoms with van der Waals surface area (Å²) in [5, 5.41) is 5.42. The maximum Gasteiger partial charge on any atom is 0.351 e. The number of para-hydroxylation sites is 1. The van der Waals surface area contributed by atoms with Crippen LogP contribution < -0.4 is 10.4 Å². The lowest BCUT2D eigenvalue weighted by molar-refractivity contribution is 0.415. The summed E-state index contributed by atoms with van der Waals surface area (Å²) >= 11 is 0. The molecular weight excluding hydrogens is 376 g/mol. The highest BCUT2D eigenvalue weighted by Crippen LogP contribution is 2.24. The molecule has 6 nitrogen and oxygen atoms in total. The third-order valence-corrected chi connectivity index (χ3v) is 5.24. The maximum absolute atomic E-state index is 13.4. The number of fused-ring (bicyclic) bond motifs is 3. The molecule has 0 unspecified atom stereocenters. The van der Waals surface area contributed by atoms with Gasteiger partial charge in [-0.1, -0.05) is 54.1 Å². The normalized spacial score (nSPS) is 11.3. The van der Waals surface area contributed by atoms with Crippen molar-refractivity contribution in [2.24, 2.45) is 0 Å². The Balaban J connectivity index is 1.73. The number of aromatic nitrogens is 4. The third-order valence-electron chi connectivity index (χ3n) is 5.24. The van der Waals surface area contributed by atoms with Crippen LogP contribution in [0, 0.1) is 6.92 Å². The Morgan fingerprint density at radius 2 is 1.77 bits per heavy atom. The van der Waals surface area contributed by atoms with Crippen molar-refractivity contribution in [3.8, 4) is 17.1 Å². The Morgan fingerprint density at radius 1 is 0.967 bits per heavy atom. The minimum atomic E-state index is -0.217. The van der Waals surface area contributed by atoms with Crippen LogP contribution in [0.3, 0.4) is 0 Å². The average molecular weight is 396 g/mol. The Kier molecular flexibility index (Phi) is 4.32. The van der Waals surface area contributed by atoms with Gasteiger partial charge >= 0.3 is 5.69 Å². The zero-order chi connectivity index (χ0) is 20.7. The van der Waals surface area contributed by atoms with Gasteiger partial charge < -0.3 is 4.74 Å². The lowest BCUT2D eigenvalue weighted by Crippen LogP contribution is -2.28. The van der Waals surface area contributed by atoms with Gasteiger partial charge in [0.15, 0.2) is 11.5 Å². The molecule has 2 heterocycles. The van der Waals surface area contributed by atoms with Gasteiger partial charge in [0.2, 0.25) is 0 Å². The molecule has 0 N–H and O–H groups in total. The second-order valence-corrected chi connectivity index (χ2v) is 7.27. The third kappa shape index (κ3) is 3.03. The Morgan fingerprint density at radius 3 is 2.57 bits per heavy atom. The van der Waals surface area contributed by atoms with E-state index in [9.17, 15) is 4.79 Å². The summed E-state index contributed by atoms with van der Waals surface area (Å²) in [4.78, 5) is 18.1. The van der Waals surface area contributed by atoms with E-state index in [1.165, 1.54) is 10.1 Å². The quantitative estimate of drug-likeness (QED) is 0.459. The molecule has 0 aliphatic rings. The Hall–Kier alpha value is -3.93. The molecule has 0 fully saturated rings. The highest BCUT2D eigenvalue weighted by molar-refractivity contribution is 5.92. The minimum absolute atomic E-state index is 0.217. The molecule has 0 amide bonds. The van der Waals surface area contributed by atoms with Gasteiger partial charge in [0.1, 0.15) is 5.75 Å². The molecule has 5 aromatic rings. The predicted molar refractivity (Wildman–Crippen MR) is 117 cm³/mol. The van der Waals surface area contributed by atoms with Gasteiger partial charge in [-0.25, -0.2) is 9.78 Å². The van der Waals surface area contributed by atoms with Crippen molar-refractivity contribution in [3.63, 3.8) is 0 Å². The fraction of sp³-hybridized carbons (Fsp3) is 0.125. The van der Waals surface area contributed by atoms with Gasteiger partial charge in [-0.3, -0.25) is 4.57 Å². The lowest BCUT2D eigenvalue weighted by Gasteiger charge is -2.11. The molecule has 6 heteroatoms. The second-order valence-electron chi connectivity index (χ2n) is 7.27. The number of hydrogen-bond donors (Lipinski definition) is 0. The first-order valence-corrected chi connectivity index (χ1v) is 9.72. The minimum Gasteiger partial charge on any atom is -0.497 e. The van der Waals surface area contributed by atoms with Crippen molar-refractivity contribution in [1.82, 2.24) is 19.2 Å². The number of benzene rings is 3. The van der Waals surface area contributed by atoms with Crippen LogP contribution in [0.1, 0.15) is 11.1 Å². The van der Waals surface area contributed by atoms with Crippen LogP contribution in [-0.4, -0.2) is 26.3 Å². The number of nitrogens with zero attached hydrogens (tertiary/aromatic N) is 4. The Bertz CT molecular complexity index is 1430. The van der Waals surface area contributed by atoms with Crippen LogP contribution in [0.25, 0.3) is 27.9 Å². The van der Waals surface area contributed by atoms with E-state index in [0.717, 1.165) is 22.0 Å². The standard InChI is InChI=1S/C24H20N4O2/c1-16-10-12-17(13-11-16)15-27-21-9-4-3-8-20(21)23-25-22(26-28(23)24(27)29)18-6-5-7-19(14-18)30-2/h3-14H,15H2,1-2H3. The van der Waals surface area contributed by atoms with Crippen LogP contribution in [0.5, 0.6) is 5.75 Å². The van der Waals surface area contributed by atoms with E-state index in [0.29, 0.717) is 23.8 Å². The van der Waals surface area contributed by atoms with Gasteiger partial charge in [0.25, 0.3) is 0 Å². The van der Waals surface area contributed by atoms with Crippen molar-refractivity contribution in [3.05, 3.63) is 94.4 Å². The summed E-state index contributed by atoms with van der Waals surface area (Å²) in [7, 11) is 1.62. The zero-order valence-electron chi connectivity index (χ0n) is 16.7. The molecule has 0 aliphatic carbocycles. The van der Waals surface area contributed by atoms with Gasteiger partial charge in [-0.05, 0) is 36.8 Å². The molecule has 0 aliphatic heterocycles. The van der Waals surface area contributed by atoms with Crippen molar-refractivity contribution in [1.29, 1.82) is 0 Å². The first-order chi connectivity index (χ1) is 14.6. The Labute approximate surface area is 173 Å². The zero-order valence-corrected chi connectivity index (χ0v) is 16.7. The molecule has 2 aromatic heterocycles. The largest absolute Gasteiger partial charge is 0.497 e. The topological polar surface area (TPSA) is 61.4 Å². The van der Waals surface area contributed by atoms with Crippen molar-refractivity contribution in [2.45, 2.75) is 13.5 Å². The maximum atomic E-state index is 13.4. The molecular formula is C24H20N4O2. The lowest BCUT2D eigenvalue weighted by atomic mass is 10.1. The van der Waals surface area contributed by atoms with E-state index in [-0.39, 0.29) is 5.69 Å². The molecule has 0 spiro atoms. The van der Waals surface area contributed by atoms with E-state index in [4.69, 9.17) is 9.72 Å². The molecule has 0 radical (unpaired) electrons. The first-order valence-electron chi connectivity index (χ1n) is 9.72. The highest BCUT2D eigenvalue weighted by atomic mass is 16.5. The molecule has 0 atom stereocenters. The summed E-state index contributed by atoms with van der Waals surface area (Å²) in [6, 6.07) is 23.5. The fourth-order valence-electron chi connectivity index (χ4n) is 3.65. The van der Waals surface area contributed by atoms with Crippen LogP contribution in [-0.2, 0) is 6.54 Å². The summed E-state index contributed by atoms with van der Waals surface area (Å²) < 4.78 is 8.45. The van der Waals surface area contributed by atoms with Gasteiger partial charge in [-0.2, -0.15) is 4.52 Å². The number of ether oxygens (including phenoxy) is 1. The highest BCUT2D eigenvalue weighted by Gasteiger charge is 2.16. The van der Waals surface area contributed by atoms with Crippen LogP contribution >= 0.6 is 0 Å². The van der Waals surface area contributed by atoms with Crippen LogP contribution in [0.2, 0.25) is 0 Å². The van der Waals surface area contributed by atoms with E-state index in [2.05, 4.69) is 17.2 Å². The van der Waals surface area contributed by atoms with Crippen molar-refractivity contribution >= 4 is 16.6 Å². The van der Waals surface area contributed by atoms with Crippen LogP contribution in [0.15, 0.2) is 77.6 Å². The monoisotopic (exact) mass is 396 g/mol. The molecule has 148 valence electrons. The van der Waals surface area contributed by atoms with E-state index in [1.807, 2.05) is 67.6 Å². The van der Waals surface area contributed by atoms with Gasteiger partial charge in [0, 0.05) is 10.9 Å². The summed E-state index contributed by atoms with van der Waals surface area (Å²) in [5.41, 5.74) is 4.21. The molecule has 0 saturated carbocycles. The number of aryl methyl sites for hydroxylation is 1. The SMILES string of the molecule is COc1cccc(-c2nc3c4ccccc4n(Cc4ccc(C)cc4)c(=O)n3n2)c1. The second kappa shape index (κ2) is 7.15. The van der Waals surface area contributed by atoms with Crippen molar-refractivity contribution in [2.75, 3.05) is 7.11 Å². The van der Waals surface area contributed by atoms with Crippen molar-refractivity contribution < 1.29 is 4.74 Å². The summed E-state index contributed by atoms with van der Waals surface area (Å²) in [6.07, 6.45) is 0. The number of methoxy groups -OCH3 is 1. The fourth-order valence-corrected chi connectivity index (χ4v) is 3.65. The van der Waals surface area contributed by atoms with E-state index >= 15 is 0 Å².